The molecule has 0 atom stereocenters. The van der Waals surface area contributed by atoms with E-state index in [2.05, 4.69) is 21.2 Å². The topological polar surface area (TPSA) is 58.6 Å². The summed E-state index contributed by atoms with van der Waals surface area (Å²) in [7, 11) is 1.60. The minimum absolute atomic E-state index is 0.135. The molecular formula is C12H16BrNO3. The van der Waals surface area contributed by atoms with Gasteiger partial charge in [-0.3, -0.25) is 5.32 Å². The van der Waals surface area contributed by atoms with Gasteiger partial charge >= 0.3 is 6.09 Å². The summed E-state index contributed by atoms with van der Waals surface area (Å²) >= 11 is 3.38. The van der Waals surface area contributed by atoms with Crippen LogP contribution in [0.3, 0.4) is 0 Å². The molecule has 0 aliphatic rings. The normalized spacial score (nSPS) is 11.1. The number of carbonyl (C=O) groups is 1. The summed E-state index contributed by atoms with van der Waals surface area (Å²) in [6.45, 7) is 6.13. The van der Waals surface area contributed by atoms with Crippen LogP contribution in [0.25, 0.3) is 0 Å². The Kier molecular flexibility index (Phi) is 4.03. The number of methoxy groups -OCH3 is 1. The van der Waals surface area contributed by atoms with E-state index in [1.165, 1.54) is 0 Å². The first-order chi connectivity index (χ1) is 7.75. The molecule has 0 radical (unpaired) electrons. The summed E-state index contributed by atoms with van der Waals surface area (Å²) in [5.74, 6) is 0.730. The molecule has 0 saturated carbocycles. The number of hydrogen-bond donors (Lipinski definition) is 2. The van der Waals surface area contributed by atoms with E-state index in [0.717, 1.165) is 15.8 Å². The Hall–Kier alpha value is -1.23. The molecule has 1 aromatic rings. The lowest BCUT2D eigenvalue weighted by atomic mass is 9.86. The number of carboxylic acid groups (broad SMARTS) is 1. The van der Waals surface area contributed by atoms with Crippen LogP contribution in [0.4, 0.5) is 10.5 Å². The van der Waals surface area contributed by atoms with Gasteiger partial charge in [0.05, 0.1) is 11.6 Å². The number of anilines is 1. The Balaban J connectivity index is 3.34. The molecule has 1 rings (SSSR count). The van der Waals surface area contributed by atoms with E-state index in [9.17, 15) is 4.79 Å². The SMILES string of the molecule is COc1c(Br)cc(NC(=O)O)cc1C(C)(C)C. The third-order valence-corrected chi connectivity index (χ3v) is 2.90. The predicted molar refractivity (Wildman–Crippen MR) is 71.0 cm³/mol. The van der Waals surface area contributed by atoms with Gasteiger partial charge in [0.25, 0.3) is 0 Å². The molecule has 1 aromatic carbocycles. The standard InChI is InChI=1S/C12H16BrNO3/c1-12(2,3)8-5-7(14-11(15)16)6-9(13)10(8)17-4/h5-6,14H,1-4H3,(H,15,16). The van der Waals surface area contributed by atoms with E-state index in [1.54, 1.807) is 19.2 Å². The molecule has 1 amide bonds. The van der Waals surface area contributed by atoms with Crippen molar-refractivity contribution >= 4 is 27.7 Å². The van der Waals surface area contributed by atoms with Crippen LogP contribution < -0.4 is 10.1 Å². The Bertz CT molecular complexity index is 438. The third-order valence-electron chi connectivity index (χ3n) is 2.31. The Morgan fingerprint density at radius 3 is 2.41 bits per heavy atom. The highest BCUT2D eigenvalue weighted by Gasteiger charge is 2.22. The van der Waals surface area contributed by atoms with Crippen molar-refractivity contribution in [2.75, 3.05) is 12.4 Å². The van der Waals surface area contributed by atoms with Crippen molar-refractivity contribution in [2.24, 2.45) is 0 Å². The molecule has 0 saturated heterocycles. The maximum atomic E-state index is 10.6. The summed E-state index contributed by atoms with van der Waals surface area (Å²) in [5.41, 5.74) is 1.33. The predicted octanol–water partition coefficient (Wildman–Crippen LogP) is 3.85. The molecule has 4 nitrogen and oxygen atoms in total. The molecule has 2 N–H and O–H groups in total. The molecule has 0 bridgehead atoms. The van der Waals surface area contributed by atoms with E-state index in [-0.39, 0.29) is 5.41 Å². The number of halogens is 1. The highest BCUT2D eigenvalue weighted by Crippen LogP contribution is 2.39. The summed E-state index contributed by atoms with van der Waals surface area (Å²) < 4.78 is 6.07. The highest BCUT2D eigenvalue weighted by atomic mass is 79.9. The van der Waals surface area contributed by atoms with Crippen molar-refractivity contribution in [3.8, 4) is 5.75 Å². The minimum Gasteiger partial charge on any atom is -0.495 e. The van der Waals surface area contributed by atoms with Crippen LogP contribution in [-0.2, 0) is 5.41 Å². The lowest BCUT2D eigenvalue weighted by Gasteiger charge is -2.23. The summed E-state index contributed by atoms with van der Waals surface area (Å²) in [6.07, 6.45) is -1.08. The molecule has 5 heteroatoms. The number of rotatable bonds is 2. The smallest absolute Gasteiger partial charge is 0.409 e. The third kappa shape index (κ3) is 3.36. The molecular weight excluding hydrogens is 286 g/mol. The van der Waals surface area contributed by atoms with Gasteiger partial charge in [0, 0.05) is 11.3 Å². The summed E-state index contributed by atoms with van der Waals surface area (Å²) in [4.78, 5) is 10.6. The summed E-state index contributed by atoms with van der Waals surface area (Å²) in [6, 6.07) is 3.47. The van der Waals surface area contributed by atoms with Gasteiger partial charge in [-0.15, -0.1) is 0 Å². The van der Waals surface area contributed by atoms with Crippen LogP contribution in [0, 0.1) is 0 Å². The Morgan fingerprint density at radius 1 is 1.41 bits per heavy atom. The molecule has 0 fully saturated rings. The Labute approximate surface area is 109 Å². The number of benzene rings is 1. The van der Waals surface area contributed by atoms with Crippen LogP contribution in [0.5, 0.6) is 5.75 Å². The zero-order chi connectivity index (χ0) is 13.2. The molecule has 0 aromatic heterocycles. The van der Waals surface area contributed by atoms with Crippen LogP contribution in [0.1, 0.15) is 26.3 Å². The van der Waals surface area contributed by atoms with E-state index in [1.807, 2.05) is 20.8 Å². The second-order valence-corrected chi connectivity index (χ2v) is 5.57. The van der Waals surface area contributed by atoms with Crippen molar-refractivity contribution < 1.29 is 14.6 Å². The fraction of sp³-hybridized carbons (Fsp3) is 0.417. The second-order valence-electron chi connectivity index (χ2n) is 4.72. The molecule has 0 aliphatic carbocycles. The lowest BCUT2D eigenvalue weighted by Crippen LogP contribution is -2.15. The minimum atomic E-state index is -1.08. The number of ether oxygens (including phenoxy) is 1. The first kappa shape index (κ1) is 13.8. The van der Waals surface area contributed by atoms with Gasteiger partial charge in [-0.25, -0.2) is 4.79 Å². The van der Waals surface area contributed by atoms with Crippen molar-refractivity contribution in [2.45, 2.75) is 26.2 Å². The van der Waals surface area contributed by atoms with Gasteiger partial charge in [0.2, 0.25) is 0 Å². The molecule has 17 heavy (non-hydrogen) atoms. The fourth-order valence-corrected chi connectivity index (χ4v) is 2.18. The molecule has 0 unspecified atom stereocenters. The fourth-order valence-electron chi connectivity index (χ4n) is 1.55. The largest absolute Gasteiger partial charge is 0.495 e. The van der Waals surface area contributed by atoms with Gasteiger partial charge in [-0.1, -0.05) is 20.8 Å². The van der Waals surface area contributed by atoms with Crippen LogP contribution in [-0.4, -0.2) is 18.3 Å². The highest BCUT2D eigenvalue weighted by molar-refractivity contribution is 9.10. The van der Waals surface area contributed by atoms with E-state index in [0.29, 0.717) is 5.69 Å². The van der Waals surface area contributed by atoms with Gasteiger partial charge < -0.3 is 9.84 Å². The number of amides is 1. The quantitative estimate of drug-likeness (QED) is 0.872. The first-order valence-corrected chi connectivity index (χ1v) is 5.93. The van der Waals surface area contributed by atoms with Gasteiger partial charge in [-0.05, 0) is 33.5 Å². The van der Waals surface area contributed by atoms with Crippen LogP contribution in [0.15, 0.2) is 16.6 Å². The molecule has 94 valence electrons. The van der Waals surface area contributed by atoms with Gasteiger partial charge in [-0.2, -0.15) is 0 Å². The second kappa shape index (κ2) is 4.96. The molecule has 0 aliphatic heterocycles. The summed E-state index contributed by atoms with van der Waals surface area (Å²) in [5, 5.41) is 11.1. The maximum absolute atomic E-state index is 10.6. The average Bonchev–Trinajstić information content (AvgIpc) is 2.14. The van der Waals surface area contributed by atoms with Crippen LogP contribution in [0.2, 0.25) is 0 Å². The van der Waals surface area contributed by atoms with Gasteiger partial charge in [0.1, 0.15) is 5.75 Å². The first-order valence-electron chi connectivity index (χ1n) is 5.13. The van der Waals surface area contributed by atoms with Crippen molar-refractivity contribution in [1.29, 1.82) is 0 Å². The van der Waals surface area contributed by atoms with Crippen molar-refractivity contribution in [1.82, 2.24) is 0 Å². The van der Waals surface area contributed by atoms with E-state index in [4.69, 9.17) is 9.84 Å². The number of hydrogen-bond acceptors (Lipinski definition) is 2. The maximum Gasteiger partial charge on any atom is 0.409 e. The van der Waals surface area contributed by atoms with Crippen molar-refractivity contribution in [3.63, 3.8) is 0 Å². The lowest BCUT2D eigenvalue weighted by molar-refractivity contribution is 0.209. The average molecular weight is 302 g/mol. The van der Waals surface area contributed by atoms with Gasteiger partial charge in [0.15, 0.2) is 0 Å². The zero-order valence-electron chi connectivity index (χ0n) is 10.3. The number of nitrogens with one attached hydrogen (secondary N) is 1. The molecule has 0 spiro atoms. The zero-order valence-corrected chi connectivity index (χ0v) is 11.9. The monoisotopic (exact) mass is 301 g/mol. The van der Waals surface area contributed by atoms with E-state index < -0.39 is 6.09 Å². The molecule has 0 heterocycles. The Morgan fingerprint density at radius 2 is 2.00 bits per heavy atom. The van der Waals surface area contributed by atoms with Crippen LogP contribution >= 0.6 is 15.9 Å². The van der Waals surface area contributed by atoms with Crippen molar-refractivity contribution in [3.05, 3.63) is 22.2 Å². The van der Waals surface area contributed by atoms with E-state index >= 15 is 0 Å².